The maximum absolute atomic E-state index is 10.9. The van der Waals surface area contributed by atoms with Crippen molar-refractivity contribution in [2.75, 3.05) is 17.3 Å². The molecule has 0 amide bonds. The van der Waals surface area contributed by atoms with Crippen LogP contribution in [0.3, 0.4) is 0 Å². The topological polar surface area (TPSA) is 40.1 Å². The molecule has 0 aromatic rings. The molecular formula is C18H36O2S. The molecule has 0 unspecified atom stereocenters. The van der Waals surface area contributed by atoms with Gasteiger partial charge in [-0.3, -0.25) is 0 Å². The van der Waals surface area contributed by atoms with Crippen molar-refractivity contribution < 1.29 is 9.90 Å². The van der Waals surface area contributed by atoms with Crippen LogP contribution >= 0.6 is 0 Å². The summed E-state index contributed by atoms with van der Waals surface area (Å²) in [4.78, 5) is 10.9. The molecule has 0 spiro atoms. The summed E-state index contributed by atoms with van der Waals surface area (Å²) in [5.74, 6) is 3.18. The van der Waals surface area contributed by atoms with Crippen LogP contribution in [0.1, 0.15) is 79.1 Å². The quantitative estimate of drug-likeness (QED) is 0.361. The van der Waals surface area contributed by atoms with Crippen molar-refractivity contribution in [2.24, 2.45) is 11.8 Å². The molecule has 0 saturated carbocycles. The standard InChI is InChI=1S/C18H36O2S/c1-16(2)11-7-5-9-13-21(15-18(19)20)14-10-6-8-12-17(3)4/h16-17H,5-15H2,1-4H3. The van der Waals surface area contributed by atoms with Gasteiger partial charge in [-0.15, -0.1) is 0 Å². The van der Waals surface area contributed by atoms with E-state index in [1.54, 1.807) is 0 Å². The maximum atomic E-state index is 10.9. The van der Waals surface area contributed by atoms with Crippen LogP contribution in [0.4, 0.5) is 0 Å². The van der Waals surface area contributed by atoms with Crippen molar-refractivity contribution in [3.05, 3.63) is 0 Å². The van der Waals surface area contributed by atoms with Crippen molar-refractivity contribution >= 4 is 16.9 Å². The van der Waals surface area contributed by atoms with Crippen molar-refractivity contribution in [1.29, 1.82) is 0 Å². The molecule has 0 saturated heterocycles. The Labute approximate surface area is 135 Å². The molecule has 0 rings (SSSR count). The number of rotatable bonds is 14. The third-order valence-corrected chi connectivity index (χ3v) is 6.13. The molecule has 0 heterocycles. The summed E-state index contributed by atoms with van der Waals surface area (Å²) in [7, 11) is 0.0550. The third-order valence-electron chi connectivity index (χ3n) is 3.75. The van der Waals surface area contributed by atoms with Gasteiger partial charge < -0.3 is 9.90 Å². The second-order valence-electron chi connectivity index (χ2n) is 7.02. The van der Waals surface area contributed by atoms with Gasteiger partial charge in [-0.05, 0) is 48.4 Å². The van der Waals surface area contributed by atoms with E-state index in [0.717, 1.165) is 23.3 Å². The Balaban J connectivity index is 3.74. The molecule has 0 fully saturated rings. The number of carboxylic acid groups (broad SMARTS) is 1. The number of unbranched alkanes of at least 4 members (excludes halogenated alkanes) is 4. The van der Waals surface area contributed by atoms with Gasteiger partial charge in [-0.1, -0.05) is 53.4 Å². The van der Waals surface area contributed by atoms with Gasteiger partial charge in [0.25, 0.3) is 0 Å². The number of hydrogen-bond acceptors (Lipinski definition) is 2. The van der Waals surface area contributed by atoms with Crippen LogP contribution in [0.15, 0.2) is 0 Å². The van der Waals surface area contributed by atoms with E-state index in [9.17, 15) is 9.90 Å². The van der Waals surface area contributed by atoms with Crippen molar-refractivity contribution in [3.8, 4) is 0 Å². The summed E-state index contributed by atoms with van der Waals surface area (Å²) >= 11 is 0. The van der Waals surface area contributed by atoms with Crippen molar-refractivity contribution in [1.82, 2.24) is 0 Å². The van der Waals surface area contributed by atoms with Crippen LogP contribution < -0.4 is 5.11 Å². The second-order valence-corrected chi connectivity index (χ2v) is 9.35. The molecule has 0 aromatic heterocycles. The van der Waals surface area contributed by atoms with E-state index >= 15 is 0 Å². The van der Waals surface area contributed by atoms with Crippen LogP contribution in [0, 0.1) is 11.8 Å². The van der Waals surface area contributed by atoms with Gasteiger partial charge in [0, 0.05) is 0 Å². The van der Waals surface area contributed by atoms with Crippen LogP contribution in [0.25, 0.3) is 0 Å². The molecular weight excluding hydrogens is 280 g/mol. The van der Waals surface area contributed by atoms with Crippen LogP contribution in [0.2, 0.25) is 0 Å². The lowest BCUT2D eigenvalue weighted by molar-refractivity contribution is -0.301. The molecule has 0 N–H and O–H groups in total. The Kier molecular flexibility index (Phi) is 13.4. The molecule has 0 aliphatic heterocycles. The first kappa shape index (κ1) is 20.8. The summed E-state index contributed by atoms with van der Waals surface area (Å²) < 4.78 is 0. The van der Waals surface area contributed by atoms with Gasteiger partial charge in [0.05, 0.1) is 5.97 Å². The van der Waals surface area contributed by atoms with Crippen molar-refractivity contribution in [2.45, 2.75) is 79.1 Å². The Morgan fingerprint density at radius 3 is 1.57 bits per heavy atom. The molecule has 0 aromatic carbocycles. The Hall–Kier alpha value is -0.180. The van der Waals surface area contributed by atoms with Gasteiger partial charge >= 0.3 is 0 Å². The predicted molar refractivity (Wildman–Crippen MR) is 93.6 cm³/mol. The van der Waals surface area contributed by atoms with E-state index in [-0.39, 0.29) is 16.6 Å². The van der Waals surface area contributed by atoms with E-state index in [2.05, 4.69) is 27.7 Å². The highest BCUT2D eigenvalue weighted by Crippen LogP contribution is 2.13. The zero-order valence-corrected chi connectivity index (χ0v) is 15.5. The second kappa shape index (κ2) is 13.5. The number of hydrogen-bond donors (Lipinski definition) is 0. The van der Waals surface area contributed by atoms with Gasteiger partial charge in [0.1, 0.15) is 17.3 Å². The smallest absolute Gasteiger partial charge is 0.147 e. The molecule has 0 radical (unpaired) electrons. The molecule has 0 atom stereocenters. The SMILES string of the molecule is CC(C)CCCCC[S+](CCCCCC(C)C)CC(=O)[O-]. The average Bonchev–Trinajstić information content (AvgIpc) is 2.36. The summed E-state index contributed by atoms with van der Waals surface area (Å²) in [6.07, 6.45) is 10.0. The molecule has 21 heavy (non-hydrogen) atoms. The minimum absolute atomic E-state index is 0.0550. The first-order valence-electron chi connectivity index (χ1n) is 8.75. The highest BCUT2D eigenvalue weighted by molar-refractivity contribution is 7.97. The Morgan fingerprint density at radius 2 is 1.24 bits per heavy atom. The van der Waals surface area contributed by atoms with Gasteiger partial charge in [0.15, 0.2) is 0 Å². The Bertz CT molecular complexity index is 234. The van der Waals surface area contributed by atoms with Gasteiger partial charge in [-0.2, -0.15) is 0 Å². The lowest BCUT2D eigenvalue weighted by atomic mass is 10.1. The number of carbonyl (C=O) groups is 1. The van der Waals surface area contributed by atoms with E-state index in [0.29, 0.717) is 0 Å². The van der Waals surface area contributed by atoms with Crippen LogP contribution in [-0.4, -0.2) is 23.2 Å². The third kappa shape index (κ3) is 16.0. The summed E-state index contributed by atoms with van der Waals surface area (Å²) in [6, 6.07) is 0. The van der Waals surface area contributed by atoms with Gasteiger partial charge in [-0.25, -0.2) is 0 Å². The molecule has 0 bridgehead atoms. The fourth-order valence-electron chi connectivity index (χ4n) is 2.48. The Morgan fingerprint density at radius 1 is 0.810 bits per heavy atom. The fourth-order valence-corrected chi connectivity index (χ4v) is 4.54. The highest BCUT2D eigenvalue weighted by Gasteiger charge is 2.17. The predicted octanol–water partition coefficient (Wildman–Crippen LogP) is 3.79. The zero-order valence-electron chi connectivity index (χ0n) is 14.7. The van der Waals surface area contributed by atoms with Crippen molar-refractivity contribution in [3.63, 3.8) is 0 Å². The first-order valence-corrected chi connectivity index (χ1v) is 10.5. The fraction of sp³-hybridized carbons (Fsp3) is 0.944. The summed E-state index contributed by atoms with van der Waals surface area (Å²) in [5.41, 5.74) is 0. The molecule has 3 heteroatoms. The number of aliphatic carboxylic acids is 1. The van der Waals surface area contributed by atoms with E-state index < -0.39 is 5.97 Å². The maximum Gasteiger partial charge on any atom is 0.147 e. The van der Waals surface area contributed by atoms with E-state index in [1.165, 1.54) is 51.4 Å². The van der Waals surface area contributed by atoms with E-state index in [1.807, 2.05) is 0 Å². The molecule has 0 aliphatic rings. The van der Waals surface area contributed by atoms with Gasteiger partial charge in [0.2, 0.25) is 0 Å². The van der Waals surface area contributed by atoms with Crippen LogP contribution in [-0.2, 0) is 15.7 Å². The molecule has 0 aliphatic carbocycles. The zero-order chi connectivity index (χ0) is 16.1. The monoisotopic (exact) mass is 316 g/mol. The lowest BCUT2D eigenvalue weighted by Gasteiger charge is -2.10. The summed E-state index contributed by atoms with van der Waals surface area (Å²) in [5, 5.41) is 10.9. The minimum Gasteiger partial charge on any atom is -0.545 e. The average molecular weight is 317 g/mol. The van der Waals surface area contributed by atoms with E-state index in [4.69, 9.17) is 0 Å². The number of carbonyl (C=O) groups excluding carboxylic acids is 1. The number of carboxylic acids is 1. The largest absolute Gasteiger partial charge is 0.545 e. The van der Waals surface area contributed by atoms with Crippen LogP contribution in [0.5, 0.6) is 0 Å². The molecule has 2 nitrogen and oxygen atoms in total. The highest BCUT2D eigenvalue weighted by atomic mass is 32.2. The summed E-state index contributed by atoms with van der Waals surface area (Å²) in [6.45, 7) is 9.05. The normalized spacial score (nSPS) is 11.8. The first-order chi connectivity index (χ1) is 9.91. The minimum atomic E-state index is -0.859. The lowest BCUT2D eigenvalue weighted by Crippen LogP contribution is -2.33. The molecule has 126 valence electrons.